The Labute approximate surface area is 131 Å². The molecule has 5 nitrogen and oxygen atoms in total. The molecular formula is C15H22ClN3O2. The number of rotatable bonds is 4. The van der Waals surface area contributed by atoms with Gasteiger partial charge in [0.15, 0.2) is 0 Å². The second-order valence-electron chi connectivity index (χ2n) is 5.11. The molecule has 0 saturated heterocycles. The summed E-state index contributed by atoms with van der Waals surface area (Å²) in [5.74, 6) is 0.603. The Hall–Kier alpha value is -1.72. The van der Waals surface area contributed by atoms with Gasteiger partial charge < -0.3 is 19.5 Å². The van der Waals surface area contributed by atoms with Crippen molar-refractivity contribution in [1.29, 1.82) is 0 Å². The van der Waals surface area contributed by atoms with Crippen molar-refractivity contribution in [2.75, 3.05) is 27.7 Å². The van der Waals surface area contributed by atoms with E-state index in [-0.39, 0.29) is 18.5 Å². The van der Waals surface area contributed by atoms with Gasteiger partial charge in [-0.2, -0.15) is 0 Å². The summed E-state index contributed by atoms with van der Waals surface area (Å²) in [7, 11) is 5.75. The molecule has 0 unspecified atom stereocenters. The first-order valence-corrected chi connectivity index (χ1v) is 6.69. The number of benzene rings is 1. The number of carbonyl (C=O) groups is 1. The van der Waals surface area contributed by atoms with Gasteiger partial charge in [0, 0.05) is 37.2 Å². The van der Waals surface area contributed by atoms with Crippen LogP contribution in [0.15, 0.2) is 24.4 Å². The zero-order valence-corrected chi connectivity index (χ0v) is 13.7. The number of ether oxygens (including phenoxy) is 1. The highest BCUT2D eigenvalue weighted by atomic mass is 35.5. The lowest BCUT2D eigenvalue weighted by atomic mass is 10.1. The number of aromatic nitrogens is 1. The van der Waals surface area contributed by atoms with Crippen molar-refractivity contribution in [3.63, 3.8) is 0 Å². The Bertz CT molecular complexity index is 610. The molecule has 1 heterocycles. The molecule has 0 bridgehead atoms. The van der Waals surface area contributed by atoms with Gasteiger partial charge in [-0.25, -0.2) is 4.79 Å². The van der Waals surface area contributed by atoms with Crippen LogP contribution in [-0.2, 0) is 6.54 Å². The van der Waals surface area contributed by atoms with Crippen molar-refractivity contribution in [2.45, 2.75) is 13.5 Å². The summed E-state index contributed by atoms with van der Waals surface area (Å²) < 4.78 is 5.51. The SMILES string of the molecule is CCN(C)C(=O)Oc1cccc2[nH]cc(CN(C)C)c12.Cl. The maximum atomic E-state index is 11.9. The first-order valence-electron chi connectivity index (χ1n) is 6.69. The van der Waals surface area contributed by atoms with Gasteiger partial charge in [-0.15, -0.1) is 12.4 Å². The van der Waals surface area contributed by atoms with E-state index in [4.69, 9.17) is 4.74 Å². The summed E-state index contributed by atoms with van der Waals surface area (Å²) in [4.78, 5) is 18.8. The number of hydrogen-bond acceptors (Lipinski definition) is 3. The second-order valence-corrected chi connectivity index (χ2v) is 5.11. The predicted molar refractivity (Wildman–Crippen MR) is 87.3 cm³/mol. The fourth-order valence-corrected chi connectivity index (χ4v) is 2.07. The van der Waals surface area contributed by atoms with E-state index >= 15 is 0 Å². The van der Waals surface area contributed by atoms with E-state index in [2.05, 4.69) is 9.88 Å². The number of halogens is 1. The van der Waals surface area contributed by atoms with Gasteiger partial charge in [0.05, 0.1) is 0 Å². The number of nitrogens with one attached hydrogen (secondary N) is 1. The van der Waals surface area contributed by atoms with Crippen LogP contribution in [0.5, 0.6) is 5.75 Å². The summed E-state index contributed by atoms with van der Waals surface area (Å²) in [5, 5.41) is 0.971. The summed E-state index contributed by atoms with van der Waals surface area (Å²) in [6.45, 7) is 3.32. The first kappa shape index (κ1) is 17.3. The number of amides is 1. The average molecular weight is 312 g/mol. The maximum Gasteiger partial charge on any atom is 0.414 e. The van der Waals surface area contributed by atoms with E-state index in [1.165, 1.54) is 4.90 Å². The van der Waals surface area contributed by atoms with Crippen LogP contribution in [0.2, 0.25) is 0 Å². The standard InChI is InChI=1S/C15H21N3O2.ClH/c1-5-18(4)15(19)20-13-8-6-7-12-14(13)11(9-16-12)10-17(2)3;/h6-9,16H,5,10H2,1-4H3;1H. The molecule has 116 valence electrons. The van der Waals surface area contributed by atoms with Crippen molar-refractivity contribution in [2.24, 2.45) is 0 Å². The van der Waals surface area contributed by atoms with Crippen LogP contribution in [0.1, 0.15) is 12.5 Å². The molecule has 2 rings (SSSR count). The third kappa shape index (κ3) is 3.89. The molecule has 0 aliphatic heterocycles. The van der Waals surface area contributed by atoms with Crippen LogP contribution in [0.25, 0.3) is 10.9 Å². The minimum Gasteiger partial charge on any atom is -0.409 e. The quantitative estimate of drug-likeness (QED) is 0.944. The van der Waals surface area contributed by atoms with E-state index in [1.807, 2.05) is 45.4 Å². The number of nitrogens with zero attached hydrogens (tertiary/aromatic N) is 2. The van der Waals surface area contributed by atoms with Crippen LogP contribution in [0, 0.1) is 0 Å². The zero-order valence-electron chi connectivity index (χ0n) is 12.8. The average Bonchev–Trinajstić information content (AvgIpc) is 2.81. The fourth-order valence-electron chi connectivity index (χ4n) is 2.07. The van der Waals surface area contributed by atoms with Gasteiger partial charge in [0.25, 0.3) is 0 Å². The fraction of sp³-hybridized carbons (Fsp3) is 0.400. The zero-order chi connectivity index (χ0) is 14.7. The highest BCUT2D eigenvalue weighted by Gasteiger charge is 2.15. The van der Waals surface area contributed by atoms with E-state index in [0.717, 1.165) is 23.0 Å². The maximum absolute atomic E-state index is 11.9. The van der Waals surface area contributed by atoms with E-state index < -0.39 is 0 Å². The second kappa shape index (κ2) is 7.33. The number of fused-ring (bicyclic) bond motifs is 1. The molecule has 0 atom stereocenters. The molecule has 21 heavy (non-hydrogen) atoms. The topological polar surface area (TPSA) is 48.6 Å². The highest BCUT2D eigenvalue weighted by molar-refractivity contribution is 5.91. The molecule has 0 fully saturated rings. The molecule has 2 aromatic rings. The molecule has 0 radical (unpaired) electrons. The molecule has 0 aliphatic carbocycles. The molecule has 0 saturated carbocycles. The molecule has 0 spiro atoms. The lowest BCUT2D eigenvalue weighted by molar-refractivity contribution is 0.166. The predicted octanol–water partition coefficient (Wildman–Crippen LogP) is 3.10. The number of hydrogen-bond donors (Lipinski definition) is 1. The van der Waals surface area contributed by atoms with Gasteiger partial charge in [0.2, 0.25) is 0 Å². The Morgan fingerprint density at radius 1 is 1.29 bits per heavy atom. The summed E-state index contributed by atoms with van der Waals surface area (Å²) in [6.07, 6.45) is 1.63. The number of aromatic amines is 1. The molecule has 1 amide bonds. The molecule has 1 aromatic carbocycles. The van der Waals surface area contributed by atoms with Crippen LogP contribution in [-0.4, -0.2) is 48.6 Å². The van der Waals surface area contributed by atoms with Crippen molar-refractivity contribution in [1.82, 2.24) is 14.8 Å². The van der Waals surface area contributed by atoms with Crippen LogP contribution < -0.4 is 4.74 Å². The molecular weight excluding hydrogens is 290 g/mol. The minimum atomic E-state index is -0.336. The summed E-state index contributed by atoms with van der Waals surface area (Å²) in [6, 6.07) is 5.69. The van der Waals surface area contributed by atoms with E-state index in [1.54, 1.807) is 7.05 Å². The van der Waals surface area contributed by atoms with Crippen molar-refractivity contribution in [3.8, 4) is 5.75 Å². The number of H-pyrrole nitrogens is 1. The van der Waals surface area contributed by atoms with E-state index in [0.29, 0.717) is 12.3 Å². The Balaban J connectivity index is 0.00000220. The van der Waals surface area contributed by atoms with Crippen LogP contribution >= 0.6 is 12.4 Å². The van der Waals surface area contributed by atoms with Crippen molar-refractivity contribution in [3.05, 3.63) is 30.0 Å². The molecule has 1 N–H and O–H groups in total. The highest BCUT2D eigenvalue weighted by Crippen LogP contribution is 2.29. The van der Waals surface area contributed by atoms with Gasteiger partial charge in [-0.3, -0.25) is 0 Å². The monoisotopic (exact) mass is 311 g/mol. The molecule has 1 aromatic heterocycles. The summed E-state index contributed by atoms with van der Waals surface area (Å²) >= 11 is 0. The first-order chi connectivity index (χ1) is 9.52. The van der Waals surface area contributed by atoms with Crippen molar-refractivity contribution >= 4 is 29.4 Å². The normalized spacial score (nSPS) is 10.5. The summed E-state index contributed by atoms with van der Waals surface area (Å²) in [5.41, 5.74) is 2.10. The minimum absolute atomic E-state index is 0. The Morgan fingerprint density at radius 3 is 2.62 bits per heavy atom. The van der Waals surface area contributed by atoms with Gasteiger partial charge >= 0.3 is 6.09 Å². The number of carbonyl (C=O) groups excluding carboxylic acids is 1. The largest absolute Gasteiger partial charge is 0.414 e. The Kier molecular flexibility index (Phi) is 6.05. The van der Waals surface area contributed by atoms with Crippen LogP contribution in [0.4, 0.5) is 4.79 Å². The van der Waals surface area contributed by atoms with Gasteiger partial charge in [-0.05, 0) is 38.7 Å². The molecule has 0 aliphatic rings. The lowest BCUT2D eigenvalue weighted by Crippen LogP contribution is -2.29. The smallest absolute Gasteiger partial charge is 0.409 e. The van der Waals surface area contributed by atoms with Gasteiger partial charge in [-0.1, -0.05) is 6.07 Å². The van der Waals surface area contributed by atoms with Crippen LogP contribution in [0.3, 0.4) is 0 Å². The molecule has 6 heteroatoms. The van der Waals surface area contributed by atoms with E-state index in [9.17, 15) is 4.79 Å². The Morgan fingerprint density at radius 2 is 2.00 bits per heavy atom. The third-order valence-corrected chi connectivity index (χ3v) is 3.22. The lowest BCUT2D eigenvalue weighted by Gasteiger charge is -2.15. The van der Waals surface area contributed by atoms with Gasteiger partial charge in [0.1, 0.15) is 5.75 Å². The third-order valence-electron chi connectivity index (χ3n) is 3.22. The van der Waals surface area contributed by atoms with Crippen molar-refractivity contribution < 1.29 is 9.53 Å².